The number of rotatable bonds is 3. The Balaban J connectivity index is 2.27. The Labute approximate surface area is 123 Å². The predicted octanol–water partition coefficient (Wildman–Crippen LogP) is 4.52. The summed E-state index contributed by atoms with van der Waals surface area (Å²) in [5, 5.41) is 9.10. The van der Waals surface area contributed by atoms with Crippen LogP contribution >= 0.6 is 23.2 Å². The van der Waals surface area contributed by atoms with E-state index < -0.39 is 0 Å². The summed E-state index contributed by atoms with van der Waals surface area (Å²) in [5.74, 6) is 0. The molecule has 1 heterocycles. The van der Waals surface area contributed by atoms with E-state index in [1.54, 1.807) is 6.07 Å². The molecule has 5 heteroatoms. The molecule has 0 amide bonds. The molecule has 1 atom stereocenters. The van der Waals surface area contributed by atoms with Gasteiger partial charge in [0.2, 0.25) is 0 Å². The summed E-state index contributed by atoms with van der Waals surface area (Å²) in [6.07, 6.45) is 0. The Bertz CT molecular complexity index is 585. The molecule has 2 rings (SSSR count). The van der Waals surface area contributed by atoms with Crippen molar-refractivity contribution >= 4 is 28.9 Å². The first-order chi connectivity index (χ1) is 8.88. The highest BCUT2D eigenvalue weighted by atomic mass is 35.5. The van der Waals surface area contributed by atoms with Crippen LogP contribution in [-0.2, 0) is 7.05 Å². The second-order valence-corrected chi connectivity index (χ2v) is 5.61. The van der Waals surface area contributed by atoms with E-state index in [1.165, 1.54) is 5.56 Å². The van der Waals surface area contributed by atoms with Gasteiger partial charge in [-0.1, -0.05) is 23.2 Å². The van der Waals surface area contributed by atoms with Crippen molar-refractivity contribution in [2.45, 2.75) is 26.8 Å². The van der Waals surface area contributed by atoms with Crippen molar-refractivity contribution in [1.29, 1.82) is 0 Å². The van der Waals surface area contributed by atoms with Crippen LogP contribution in [-0.4, -0.2) is 9.78 Å². The molecule has 3 nitrogen and oxygen atoms in total. The molecule has 0 saturated heterocycles. The molecule has 0 bridgehead atoms. The Morgan fingerprint density at radius 1 is 1.16 bits per heavy atom. The third-order valence-corrected chi connectivity index (χ3v) is 3.68. The smallest absolute Gasteiger partial charge is 0.0649 e. The van der Waals surface area contributed by atoms with Crippen LogP contribution < -0.4 is 5.32 Å². The molecular weight excluding hydrogens is 281 g/mol. The van der Waals surface area contributed by atoms with Crippen molar-refractivity contribution < 1.29 is 0 Å². The molecule has 1 N–H and O–H groups in total. The van der Waals surface area contributed by atoms with Gasteiger partial charge in [0.15, 0.2) is 0 Å². The van der Waals surface area contributed by atoms with E-state index in [1.807, 2.05) is 30.8 Å². The molecule has 0 spiro atoms. The molecule has 0 fully saturated rings. The van der Waals surface area contributed by atoms with Crippen LogP contribution in [0, 0.1) is 13.8 Å². The molecule has 0 aliphatic rings. The predicted molar refractivity (Wildman–Crippen MR) is 81.2 cm³/mol. The zero-order valence-corrected chi connectivity index (χ0v) is 13.0. The maximum atomic E-state index is 6.01. The van der Waals surface area contributed by atoms with E-state index >= 15 is 0 Å². The van der Waals surface area contributed by atoms with Crippen LogP contribution in [0.5, 0.6) is 0 Å². The summed E-state index contributed by atoms with van der Waals surface area (Å²) in [6, 6.07) is 5.60. The number of hydrogen-bond donors (Lipinski definition) is 1. The number of halogens is 2. The van der Waals surface area contributed by atoms with Gasteiger partial charge in [0.05, 0.1) is 11.7 Å². The zero-order valence-electron chi connectivity index (χ0n) is 11.5. The van der Waals surface area contributed by atoms with E-state index in [-0.39, 0.29) is 6.04 Å². The van der Waals surface area contributed by atoms with Gasteiger partial charge in [0.25, 0.3) is 0 Å². The SMILES string of the molecule is Cc1nn(C)c(C)c1C(C)Nc1cc(Cl)cc(Cl)c1. The lowest BCUT2D eigenvalue weighted by Crippen LogP contribution is -2.09. The number of hydrogen-bond acceptors (Lipinski definition) is 2. The standard InChI is InChI=1S/C14H17Cl2N3/c1-8(14-9(2)18-19(4)10(14)3)17-13-6-11(15)5-12(16)7-13/h5-8,17H,1-4H3. The first-order valence-electron chi connectivity index (χ1n) is 6.11. The van der Waals surface area contributed by atoms with E-state index in [4.69, 9.17) is 23.2 Å². The Morgan fingerprint density at radius 3 is 2.21 bits per heavy atom. The van der Waals surface area contributed by atoms with Crippen LogP contribution in [0.2, 0.25) is 10.0 Å². The number of aryl methyl sites for hydroxylation is 2. The van der Waals surface area contributed by atoms with E-state index in [0.29, 0.717) is 10.0 Å². The highest BCUT2D eigenvalue weighted by Gasteiger charge is 2.16. The van der Waals surface area contributed by atoms with Gasteiger partial charge in [0, 0.05) is 34.0 Å². The number of nitrogens with one attached hydrogen (secondary N) is 1. The highest BCUT2D eigenvalue weighted by Crippen LogP contribution is 2.28. The fraction of sp³-hybridized carbons (Fsp3) is 0.357. The van der Waals surface area contributed by atoms with Crippen LogP contribution in [0.1, 0.15) is 29.9 Å². The second-order valence-electron chi connectivity index (χ2n) is 4.73. The van der Waals surface area contributed by atoms with Crippen LogP contribution in [0.4, 0.5) is 5.69 Å². The third-order valence-electron chi connectivity index (χ3n) is 3.24. The van der Waals surface area contributed by atoms with Crippen molar-refractivity contribution in [3.63, 3.8) is 0 Å². The van der Waals surface area contributed by atoms with Crippen molar-refractivity contribution in [2.24, 2.45) is 7.05 Å². The van der Waals surface area contributed by atoms with Gasteiger partial charge in [-0.2, -0.15) is 5.10 Å². The molecule has 1 aromatic heterocycles. The number of anilines is 1. The van der Waals surface area contributed by atoms with E-state index in [2.05, 4.69) is 24.3 Å². The first-order valence-corrected chi connectivity index (χ1v) is 6.87. The summed E-state index contributed by atoms with van der Waals surface area (Å²) < 4.78 is 1.90. The van der Waals surface area contributed by atoms with Gasteiger partial charge in [-0.25, -0.2) is 0 Å². The minimum absolute atomic E-state index is 0.142. The lowest BCUT2D eigenvalue weighted by atomic mass is 10.1. The number of aromatic nitrogens is 2. The quantitative estimate of drug-likeness (QED) is 0.903. The van der Waals surface area contributed by atoms with Gasteiger partial charge in [-0.05, 0) is 39.0 Å². The largest absolute Gasteiger partial charge is 0.378 e. The molecule has 0 aliphatic heterocycles. The van der Waals surface area contributed by atoms with E-state index in [9.17, 15) is 0 Å². The molecule has 2 aromatic rings. The molecular formula is C14H17Cl2N3. The summed E-state index contributed by atoms with van der Waals surface area (Å²) in [6.45, 7) is 6.19. The molecule has 19 heavy (non-hydrogen) atoms. The van der Waals surface area contributed by atoms with Gasteiger partial charge >= 0.3 is 0 Å². The minimum Gasteiger partial charge on any atom is -0.378 e. The number of nitrogens with zero attached hydrogens (tertiary/aromatic N) is 2. The normalized spacial score (nSPS) is 12.5. The topological polar surface area (TPSA) is 29.9 Å². The fourth-order valence-corrected chi connectivity index (χ4v) is 2.90. The van der Waals surface area contributed by atoms with Gasteiger partial charge in [-0.15, -0.1) is 0 Å². The summed E-state index contributed by atoms with van der Waals surface area (Å²) in [5.41, 5.74) is 4.31. The third kappa shape index (κ3) is 3.04. The zero-order chi connectivity index (χ0) is 14.2. The Morgan fingerprint density at radius 2 is 1.74 bits per heavy atom. The fourth-order valence-electron chi connectivity index (χ4n) is 2.38. The second kappa shape index (κ2) is 5.43. The summed E-state index contributed by atoms with van der Waals surface area (Å²) >= 11 is 12.0. The molecule has 1 aromatic carbocycles. The molecule has 1 unspecified atom stereocenters. The van der Waals surface area contributed by atoms with Crippen LogP contribution in [0.25, 0.3) is 0 Å². The highest BCUT2D eigenvalue weighted by molar-refractivity contribution is 6.35. The molecule has 0 radical (unpaired) electrons. The van der Waals surface area contributed by atoms with Gasteiger partial charge < -0.3 is 5.32 Å². The molecule has 102 valence electrons. The van der Waals surface area contributed by atoms with Crippen molar-refractivity contribution in [3.8, 4) is 0 Å². The number of benzene rings is 1. The van der Waals surface area contributed by atoms with Crippen LogP contribution in [0.15, 0.2) is 18.2 Å². The monoisotopic (exact) mass is 297 g/mol. The van der Waals surface area contributed by atoms with Crippen molar-refractivity contribution in [2.75, 3.05) is 5.32 Å². The van der Waals surface area contributed by atoms with Crippen LogP contribution in [0.3, 0.4) is 0 Å². The van der Waals surface area contributed by atoms with Crippen molar-refractivity contribution in [3.05, 3.63) is 45.2 Å². The summed E-state index contributed by atoms with van der Waals surface area (Å²) in [4.78, 5) is 0. The maximum Gasteiger partial charge on any atom is 0.0649 e. The average molecular weight is 298 g/mol. The Kier molecular flexibility index (Phi) is 4.07. The van der Waals surface area contributed by atoms with Gasteiger partial charge in [0.1, 0.15) is 0 Å². The van der Waals surface area contributed by atoms with Crippen molar-refractivity contribution in [1.82, 2.24) is 9.78 Å². The Hall–Kier alpha value is -1.19. The summed E-state index contributed by atoms with van der Waals surface area (Å²) in [7, 11) is 1.95. The minimum atomic E-state index is 0.142. The first kappa shape index (κ1) is 14.2. The maximum absolute atomic E-state index is 6.01. The molecule has 0 saturated carbocycles. The van der Waals surface area contributed by atoms with Gasteiger partial charge in [-0.3, -0.25) is 4.68 Å². The van der Waals surface area contributed by atoms with E-state index in [0.717, 1.165) is 17.1 Å². The molecule has 0 aliphatic carbocycles. The lowest BCUT2D eigenvalue weighted by molar-refractivity contribution is 0.728. The average Bonchev–Trinajstić information content (AvgIpc) is 2.51. The lowest BCUT2D eigenvalue weighted by Gasteiger charge is -2.16.